The van der Waals surface area contributed by atoms with Crippen LogP contribution in [-0.2, 0) is 14.6 Å². The van der Waals surface area contributed by atoms with E-state index >= 15 is 0 Å². The van der Waals surface area contributed by atoms with E-state index in [-0.39, 0.29) is 11.5 Å². The number of halogens is 3. The molecule has 7 heteroatoms. The van der Waals surface area contributed by atoms with Crippen molar-refractivity contribution in [3.63, 3.8) is 0 Å². The van der Waals surface area contributed by atoms with Crippen LogP contribution in [0.15, 0.2) is 76.2 Å². The van der Waals surface area contributed by atoms with Crippen molar-refractivity contribution in [2.45, 2.75) is 18.0 Å². The van der Waals surface area contributed by atoms with Gasteiger partial charge in [0.1, 0.15) is 0 Å². The standard InChI is InChI=1S/C19H15F3O3S/c1-2-25-18(19(20,21)22)17(14-13-15-9-5-3-6-10-15)26(23,24)16-11-7-4-8-12-16/h3-12H,2H2,1H3/b18-17-. The SMILES string of the molecule is CCO/C(=C(/C#Cc1ccccc1)S(=O)(=O)c1ccccc1)C(F)(F)F. The molecule has 0 N–H and O–H groups in total. The summed E-state index contributed by atoms with van der Waals surface area (Å²) in [5.41, 5.74) is 0.381. The number of hydrogen-bond acceptors (Lipinski definition) is 3. The molecule has 0 unspecified atom stereocenters. The third kappa shape index (κ3) is 4.67. The Hall–Kier alpha value is -2.72. The molecular weight excluding hydrogens is 365 g/mol. The number of hydrogen-bond donors (Lipinski definition) is 0. The van der Waals surface area contributed by atoms with Crippen LogP contribution in [-0.4, -0.2) is 21.2 Å². The van der Waals surface area contributed by atoms with Crippen LogP contribution < -0.4 is 0 Å². The molecule has 0 aliphatic heterocycles. The van der Waals surface area contributed by atoms with Crippen molar-refractivity contribution in [3.8, 4) is 11.8 Å². The number of ether oxygens (including phenoxy) is 1. The van der Waals surface area contributed by atoms with Crippen molar-refractivity contribution in [1.29, 1.82) is 0 Å². The van der Waals surface area contributed by atoms with Crippen molar-refractivity contribution >= 4 is 9.84 Å². The maximum atomic E-state index is 13.4. The van der Waals surface area contributed by atoms with E-state index < -0.39 is 26.7 Å². The lowest BCUT2D eigenvalue weighted by Crippen LogP contribution is -2.20. The third-order valence-electron chi connectivity index (χ3n) is 3.17. The summed E-state index contributed by atoms with van der Waals surface area (Å²) >= 11 is 0. The van der Waals surface area contributed by atoms with E-state index in [2.05, 4.69) is 16.6 Å². The molecule has 3 nitrogen and oxygen atoms in total. The topological polar surface area (TPSA) is 43.4 Å². The molecule has 0 spiro atoms. The highest BCUT2D eigenvalue weighted by atomic mass is 32.2. The second-order valence-corrected chi connectivity index (χ2v) is 6.91. The molecule has 0 heterocycles. The van der Waals surface area contributed by atoms with E-state index in [1.54, 1.807) is 36.4 Å². The van der Waals surface area contributed by atoms with Crippen LogP contribution in [0.2, 0.25) is 0 Å². The number of alkyl halides is 3. The van der Waals surface area contributed by atoms with Gasteiger partial charge in [-0.25, -0.2) is 8.42 Å². The molecule has 0 amide bonds. The summed E-state index contributed by atoms with van der Waals surface area (Å²) in [4.78, 5) is -1.40. The molecule has 0 fully saturated rings. The van der Waals surface area contributed by atoms with Crippen LogP contribution in [0, 0.1) is 11.8 Å². The van der Waals surface area contributed by atoms with Crippen molar-refractivity contribution in [3.05, 3.63) is 76.9 Å². The van der Waals surface area contributed by atoms with Gasteiger partial charge < -0.3 is 4.74 Å². The van der Waals surface area contributed by atoms with E-state index in [1.165, 1.54) is 31.2 Å². The lowest BCUT2D eigenvalue weighted by atomic mass is 10.2. The van der Waals surface area contributed by atoms with Gasteiger partial charge in [0.15, 0.2) is 4.91 Å². The first-order chi connectivity index (χ1) is 12.3. The summed E-state index contributed by atoms with van der Waals surface area (Å²) in [6.45, 7) is 0.985. The van der Waals surface area contributed by atoms with Crippen molar-refractivity contribution in [1.82, 2.24) is 0 Å². The van der Waals surface area contributed by atoms with Crippen LogP contribution in [0.4, 0.5) is 13.2 Å². The molecule has 0 saturated heterocycles. The van der Waals surface area contributed by atoms with Gasteiger partial charge in [0, 0.05) is 5.56 Å². The van der Waals surface area contributed by atoms with Gasteiger partial charge in [0.25, 0.3) is 0 Å². The summed E-state index contributed by atoms with van der Waals surface area (Å²) in [6.07, 6.45) is -5.00. The second kappa shape index (κ2) is 8.11. The Kier molecular flexibility index (Phi) is 6.11. The highest BCUT2D eigenvalue weighted by molar-refractivity contribution is 7.95. The van der Waals surface area contributed by atoms with Crippen molar-refractivity contribution in [2.24, 2.45) is 0 Å². The van der Waals surface area contributed by atoms with Gasteiger partial charge in [-0.3, -0.25) is 0 Å². The lowest BCUT2D eigenvalue weighted by molar-refractivity contribution is -0.130. The molecule has 2 aromatic rings. The van der Waals surface area contributed by atoms with Crippen molar-refractivity contribution in [2.75, 3.05) is 6.61 Å². The smallest absolute Gasteiger partial charge is 0.451 e. The Labute approximate surface area is 150 Å². The van der Waals surface area contributed by atoms with E-state index in [0.717, 1.165) is 0 Å². The normalized spacial score (nSPS) is 12.6. The average Bonchev–Trinajstić information content (AvgIpc) is 2.61. The largest absolute Gasteiger partial charge is 0.488 e. The average molecular weight is 380 g/mol. The van der Waals surface area contributed by atoms with Crippen LogP contribution in [0.3, 0.4) is 0 Å². The van der Waals surface area contributed by atoms with Crippen LogP contribution in [0.25, 0.3) is 0 Å². The summed E-state index contributed by atoms with van der Waals surface area (Å²) in [5, 5.41) is 0. The first kappa shape index (κ1) is 19.6. The van der Waals surface area contributed by atoms with E-state index in [4.69, 9.17) is 0 Å². The van der Waals surface area contributed by atoms with Crippen LogP contribution in [0.5, 0.6) is 0 Å². The zero-order valence-electron chi connectivity index (χ0n) is 13.7. The highest BCUT2D eigenvalue weighted by Gasteiger charge is 2.42. The first-order valence-electron chi connectivity index (χ1n) is 7.58. The molecule has 0 atom stereocenters. The fraction of sp³-hybridized carbons (Fsp3) is 0.158. The van der Waals surface area contributed by atoms with Gasteiger partial charge in [0.2, 0.25) is 15.6 Å². The highest BCUT2D eigenvalue weighted by Crippen LogP contribution is 2.33. The molecule has 0 aliphatic rings. The molecule has 0 bridgehead atoms. The minimum Gasteiger partial charge on any atom is -0.488 e. The molecule has 2 aromatic carbocycles. The Balaban J connectivity index is 2.73. The van der Waals surface area contributed by atoms with E-state index in [1.807, 2.05) is 0 Å². The zero-order valence-corrected chi connectivity index (χ0v) is 14.6. The lowest BCUT2D eigenvalue weighted by Gasteiger charge is -2.15. The molecule has 0 aliphatic carbocycles. The minimum atomic E-state index is -5.00. The molecule has 0 aromatic heterocycles. The first-order valence-corrected chi connectivity index (χ1v) is 9.06. The quantitative estimate of drug-likeness (QED) is 0.586. The van der Waals surface area contributed by atoms with Crippen LogP contribution in [0.1, 0.15) is 12.5 Å². The number of sulfone groups is 1. The third-order valence-corrected chi connectivity index (χ3v) is 4.89. The zero-order chi connectivity index (χ0) is 19.2. The predicted octanol–water partition coefficient (Wildman–Crippen LogP) is 4.32. The van der Waals surface area contributed by atoms with Gasteiger partial charge in [0.05, 0.1) is 11.5 Å². The number of allylic oxidation sites excluding steroid dienone is 2. The Morgan fingerprint density at radius 2 is 1.54 bits per heavy atom. The van der Waals surface area contributed by atoms with E-state index in [0.29, 0.717) is 5.56 Å². The summed E-state index contributed by atoms with van der Waals surface area (Å²) < 4.78 is 70.4. The Morgan fingerprint density at radius 3 is 2.04 bits per heavy atom. The number of benzene rings is 2. The second-order valence-electron chi connectivity index (χ2n) is 5.02. The van der Waals surface area contributed by atoms with Gasteiger partial charge >= 0.3 is 6.18 Å². The fourth-order valence-corrected chi connectivity index (χ4v) is 3.39. The Morgan fingerprint density at radius 1 is 1.00 bits per heavy atom. The van der Waals surface area contributed by atoms with Gasteiger partial charge in [-0.05, 0) is 37.1 Å². The molecule has 136 valence electrons. The Bertz CT molecular complexity index is 936. The van der Waals surface area contributed by atoms with Crippen LogP contribution >= 0.6 is 0 Å². The molecule has 2 rings (SSSR count). The predicted molar refractivity (Wildman–Crippen MR) is 91.7 cm³/mol. The number of rotatable bonds is 4. The monoisotopic (exact) mass is 380 g/mol. The molecule has 0 radical (unpaired) electrons. The van der Waals surface area contributed by atoms with Gasteiger partial charge in [-0.2, -0.15) is 13.2 Å². The van der Waals surface area contributed by atoms with Gasteiger partial charge in [-0.15, -0.1) is 0 Å². The van der Waals surface area contributed by atoms with Gasteiger partial charge in [-0.1, -0.05) is 42.3 Å². The fourth-order valence-electron chi connectivity index (χ4n) is 2.03. The molecule has 26 heavy (non-hydrogen) atoms. The maximum absolute atomic E-state index is 13.4. The summed E-state index contributed by atoms with van der Waals surface area (Å²) in [7, 11) is -4.51. The summed E-state index contributed by atoms with van der Waals surface area (Å²) in [6, 6.07) is 14.9. The maximum Gasteiger partial charge on any atom is 0.451 e. The molecular formula is C19H15F3O3S. The summed E-state index contributed by atoms with van der Waals surface area (Å²) in [5.74, 6) is 3.01. The van der Waals surface area contributed by atoms with E-state index in [9.17, 15) is 21.6 Å². The minimum absolute atomic E-state index is 0.293. The van der Waals surface area contributed by atoms with Crippen molar-refractivity contribution < 1.29 is 26.3 Å². The molecule has 0 saturated carbocycles.